The van der Waals surface area contributed by atoms with E-state index >= 15 is 0 Å². The van der Waals surface area contributed by atoms with E-state index in [1.807, 2.05) is 29.8 Å². The molecule has 2 nitrogen and oxygen atoms in total. The predicted molar refractivity (Wildman–Crippen MR) is 74.2 cm³/mol. The van der Waals surface area contributed by atoms with Crippen molar-refractivity contribution in [3.63, 3.8) is 0 Å². The molecule has 2 aromatic rings. The number of benzene rings is 2. The fraction of sp³-hybridized carbons (Fsp3) is 0.0714. The molecule has 3 rings (SSSR count). The van der Waals surface area contributed by atoms with E-state index in [0.29, 0.717) is 0 Å². The van der Waals surface area contributed by atoms with Crippen molar-refractivity contribution in [1.82, 2.24) is 0 Å². The minimum absolute atomic E-state index is 0.249. The van der Waals surface area contributed by atoms with Crippen molar-refractivity contribution in [2.24, 2.45) is 5.10 Å². The summed E-state index contributed by atoms with van der Waals surface area (Å²) in [6.45, 7) is 0. The molecule has 0 radical (unpaired) electrons. The molecule has 0 spiro atoms. The summed E-state index contributed by atoms with van der Waals surface area (Å²) in [5.74, 6) is 0. The van der Waals surface area contributed by atoms with E-state index in [0.717, 1.165) is 5.69 Å². The fourth-order valence-electron chi connectivity index (χ4n) is 1.87. The van der Waals surface area contributed by atoms with Crippen molar-refractivity contribution in [2.75, 3.05) is 5.01 Å². The van der Waals surface area contributed by atoms with E-state index in [4.69, 9.17) is 0 Å². The average molecular weight is 240 g/mol. The van der Waals surface area contributed by atoms with Crippen molar-refractivity contribution in [1.29, 1.82) is 0 Å². The monoisotopic (exact) mass is 240 g/mol. The smallest absolute Gasteiger partial charge is 0.128 e. The first-order chi connectivity index (χ1) is 8.45. The minimum Gasteiger partial charge on any atom is -0.247 e. The van der Waals surface area contributed by atoms with Crippen LogP contribution < -0.4 is 5.01 Å². The highest BCUT2D eigenvalue weighted by Crippen LogP contribution is 2.38. The minimum atomic E-state index is 0.249. The molecular formula is C14H12N2S. The average Bonchev–Trinajstić information content (AvgIpc) is 2.90. The molecule has 17 heavy (non-hydrogen) atoms. The van der Waals surface area contributed by atoms with E-state index in [1.54, 1.807) is 11.8 Å². The van der Waals surface area contributed by atoms with Gasteiger partial charge in [-0.3, -0.25) is 0 Å². The zero-order chi connectivity index (χ0) is 11.5. The van der Waals surface area contributed by atoms with Crippen LogP contribution in [-0.2, 0) is 0 Å². The quantitative estimate of drug-likeness (QED) is 0.791. The fourth-order valence-corrected chi connectivity index (χ4v) is 2.75. The summed E-state index contributed by atoms with van der Waals surface area (Å²) in [5.41, 5.74) is 4.31. The summed E-state index contributed by atoms with van der Waals surface area (Å²) in [5, 5.41) is 6.74. The van der Waals surface area contributed by atoms with Crippen LogP contribution in [0.3, 0.4) is 0 Å². The lowest BCUT2D eigenvalue weighted by Crippen LogP contribution is -2.16. The van der Waals surface area contributed by atoms with Crippen LogP contribution in [0.2, 0.25) is 0 Å². The van der Waals surface area contributed by atoms with Crippen molar-refractivity contribution in [3.05, 3.63) is 66.2 Å². The molecule has 0 aromatic heterocycles. The number of thioether (sulfide) groups is 1. The van der Waals surface area contributed by atoms with Crippen molar-refractivity contribution in [3.8, 4) is 0 Å². The van der Waals surface area contributed by atoms with Crippen molar-refractivity contribution >= 4 is 23.0 Å². The first-order valence-corrected chi connectivity index (χ1v) is 6.46. The third-order valence-corrected chi connectivity index (χ3v) is 3.63. The molecule has 0 fully saturated rings. The van der Waals surface area contributed by atoms with Crippen molar-refractivity contribution in [2.45, 2.75) is 5.37 Å². The van der Waals surface area contributed by atoms with Gasteiger partial charge >= 0.3 is 0 Å². The molecule has 0 saturated carbocycles. The highest BCUT2D eigenvalue weighted by molar-refractivity contribution is 8.12. The lowest BCUT2D eigenvalue weighted by molar-refractivity contribution is 0.855. The van der Waals surface area contributed by atoms with Crippen LogP contribution in [0.4, 0.5) is 5.69 Å². The Morgan fingerprint density at radius 1 is 0.882 bits per heavy atom. The zero-order valence-electron chi connectivity index (χ0n) is 9.23. The standard InChI is InChI=1S/C14H12N2S/c1-3-7-12(8-4-1)14-16(15-11-17-14)13-9-5-2-6-10-13/h1-11,14H. The van der Waals surface area contributed by atoms with Gasteiger partial charge < -0.3 is 0 Å². The Morgan fingerprint density at radius 3 is 2.24 bits per heavy atom. The lowest BCUT2D eigenvalue weighted by atomic mass is 10.2. The second-order valence-electron chi connectivity index (χ2n) is 3.80. The number of anilines is 1. The molecule has 3 heteroatoms. The number of rotatable bonds is 2. The van der Waals surface area contributed by atoms with Gasteiger partial charge in [0, 0.05) is 0 Å². The van der Waals surface area contributed by atoms with Crippen LogP contribution in [0.5, 0.6) is 0 Å². The predicted octanol–water partition coefficient (Wildman–Crippen LogP) is 3.88. The van der Waals surface area contributed by atoms with Crippen LogP contribution in [0, 0.1) is 0 Å². The zero-order valence-corrected chi connectivity index (χ0v) is 10.0. The van der Waals surface area contributed by atoms with Gasteiger partial charge in [-0.25, -0.2) is 5.01 Å². The molecule has 2 aromatic carbocycles. The summed E-state index contributed by atoms with van der Waals surface area (Å²) in [6.07, 6.45) is 0. The number of hydrazone groups is 1. The second-order valence-corrected chi connectivity index (χ2v) is 4.73. The molecule has 1 atom stereocenters. The molecule has 1 heterocycles. The Labute approximate surface area is 105 Å². The van der Waals surface area contributed by atoms with Crippen LogP contribution in [0.25, 0.3) is 0 Å². The molecule has 0 bridgehead atoms. The normalized spacial score (nSPS) is 18.6. The molecule has 0 aliphatic carbocycles. The van der Waals surface area contributed by atoms with Gasteiger partial charge in [-0.05, 0) is 17.7 Å². The summed E-state index contributed by atoms with van der Waals surface area (Å²) >= 11 is 1.73. The van der Waals surface area contributed by atoms with Gasteiger partial charge in [-0.2, -0.15) is 5.10 Å². The maximum atomic E-state index is 4.44. The van der Waals surface area contributed by atoms with E-state index in [-0.39, 0.29) is 5.37 Å². The molecule has 1 unspecified atom stereocenters. The Kier molecular flexibility index (Phi) is 2.84. The summed E-state index contributed by atoms with van der Waals surface area (Å²) in [4.78, 5) is 0. The van der Waals surface area contributed by atoms with Gasteiger partial charge in [0.25, 0.3) is 0 Å². The molecule has 0 amide bonds. The molecular weight excluding hydrogens is 228 g/mol. The highest BCUT2D eigenvalue weighted by atomic mass is 32.2. The van der Waals surface area contributed by atoms with Crippen LogP contribution >= 0.6 is 11.8 Å². The van der Waals surface area contributed by atoms with Gasteiger partial charge in [0.15, 0.2) is 0 Å². The Morgan fingerprint density at radius 2 is 1.53 bits per heavy atom. The largest absolute Gasteiger partial charge is 0.247 e. The van der Waals surface area contributed by atoms with Crippen LogP contribution in [0.15, 0.2) is 65.8 Å². The van der Waals surface area contributed by atoms with Gasteiger partial charge in [0.05, 0.1) is 11.2 Å². The van der Waals surface area contributed by atoms with E-state index < -0.39 is 0 Å². The molecule has 84 valence electrons. The van der Waals surface area contributed by atoms with E-state index in [1.165, 1.54) is 5.56 Å². The summed E-state index contributed by atoms with van der Waals surface area (Å²) < 4.78 is 0. The Balaban J connectivity index is 1.93. The first kappa shape index (κ1) is 10.4. The molecule has 1 aliphatic heterocycles. The van der Waals surface area contributed by atoms with Gasteiger partial charge in [-0.1, -0.05) is 60.3 Å². The van der Waals surface area contributed by atoms with E-state index in [2.05, 4.69) is 46.5 Å². The summed E-state index contributed by atoms with van der Waals surface area (Å²) in [6, 6.07) is 20.7. The lowest BCUT2D eigenvalue weighted by Gasteiger charge is -2.22. The topological polar surface area (TPSA) is 15.6 Å². The summed E-state index contributed by atoms with van der Waals surface area (Å²) in [7, 11) is 0. The highest BCUT2D eigenvalue weighted by Gasteiger charge is 2.24. The van der Waals surface area contributed by atoms with Gasteiger partial charge in [-0.15, -0.1) is 0 Å². The first-order valence-electron chi connectivity index (χ1n) is 5.52. The second kappa shape index (κ2) is 4.63. The van der Waals surface area contributed by atoms with E-state index in [9.17, 15) is 0 Å². The van der Waals surface area contributed by atoms with Crippen LogP contribution in [-0.4, -0.2) is 5.55 Å². The van der Waals surface area contributed by atoms with Gasteiger partial charge in [0.1, 0.15) is 5.37 Å². The SMILES string of the molecule is C1=NN(c2ccccc2)C(c2ccccc2)S1. The number of hydrogen-bond acceptors (Lipinski definition) is 3. The van der Waals surface area contributed by atoms with Crippen LogP contribution in [0.1, 0.15) is 10.9 Å². The molecule has 0 N–H and O–H groups in total. The number of hydrogen-bond donors (Lipinski definition) is 0. The number of nitrogens with zero attached hydrogens (tertiary/aromatic N) is 2. The molecule has 1 aliphatic rings. The third-order valence-electron chi connectivity index (χ3n) is 2.69. The third kappa shape index (κ3) is 2.06. The molecule has 0 saturated heterocycles. The van der Waals surface area contributed by atoms with Crippen molar-refractivity contribution < 1.29 is 0 Å². The Bertz CT molecular complexity index is 510. The maximum absolute atomic E-state index is 4.44. The Hall–Kier alpha value is -1.74. The number of para-hydroxylation sites is 1. The van der Waals surface area contributed by atoms with Gasteiger partial charge in [0.2, 0.25) is 0 Å². The maximum Gasteiger partial charge on any atom is 0.128 e.